The second-order valence-corrected chi connectivity index (χ2v) is 3.72. The highest BCUT2D eigenvalue weighted by molar-refractivity contribution is 6.32. The third-order valence-corrected chi connectivity index (χ3v) is 2.49. The Kier molecular flexibility index (Phi) is 3.42. The van der Waals surface area contributed by atoms with Gasteiger partial charge in [-0.1, -0.05) is 41.9 Å². The largest absolute Gasteiger partial charge is 0.487 e. The summed E-state index contributed by atoms with van der Waals surface area (Å²) >= 11 is 5.91. The van der Waals surface area contributed by atoms with Crippen LogP contribution in [0.15, 0.2) is 48.5 Å². The molecule has 16 heavy (non-hydrogen) atoms. The zero-order valence-electron chi connectivity index (χ0n) is 8.49. The average molecular weight is 237 g/mol. The summed E-state index contributed by atoms with van der Waals surface area (Å²) in [7, 11) is 0. The standard InChI is InChI=1S/C13H10ClFO/c14-11-6-2-4-8-13(11)16-9-10-5-1-3-7-12(10)15/h1-8H,9H2. The van der Waals surface area contributed by atoms with Gasteiger partial charge in [-0.3, -0.25) is 0 Å². The van der Waals surface area contributed by atoms with Crippen LogP contribution >= 0.6 is 11.6 Å². The van der Waals surface area contributed by atoms with Gasteiger partial charge in [0.05, 0.1) is 5.02 Å². The lowest BCUT2D eigenvalue weighted by Crippen LogP contribution is -1.98. The van der Waals surface area contributed by atoms with Gasteiger partial charge in [0.2, 0.25) is 0 Å². The molecule has 0 amide bonds. The van der Waals surface area contributed by atoms with Crippen molar-refractivity contribution in [3.63, 3.8) is 0 Å². The fraction of sp³-hybridized carbons (Fsp3) is 0.0769. The van der Waals surface area contributed by atoms with Crippen molar-refractivity contribution in [1.29, 1.82) is 0 Å². The van der Waals surface area contributed by atoms with Crippen LogP contribution in [0.5, 0.6) is 5.75 Å². The van der Waals surface area contributed by atoms with Crippen LogP contribution in [0.2, 0.25) is 5.02 Å². The molecule has 1 nitrogen and oxygen atoms in total. The maximum absolute atomic E-state index is 13.3. The lowest BCUT2D eigenvalue weighted by molar-refractivity contribution is 0.300. The molecule has 0 aliphatic heterocycles. The summed E-state index contributed by atoms with van der Waals surface area (Å²) in [6.07, 6.45) is 0. The molecule has 0 aliphatic rings. The van der Waals surface area contributed by atoms with Crippen LogP contribution in [0.1, 0.15) is 5.56 Å². The predicted octanol–water partition coefficient (Wildman–Crippen LogP) is 4.06. The van der Waals surface area contributed by atoms with Gasteiger partial charge in [0.15, 0.2) is 0 Å². The summed E-state index contributed by atoms with van der Waals surface area (Å²) in [6.45, 7) is 0.177. The molecule has 2 rings (SSSR count). The number of hydrogen-bond acceptors (Lipinski definition) is 1. The highest BCUT2D eigenvalue weighted by atomic mass is 35.5. The van der Waals surface area contributed by atoms with Crippen molar-refractivity contribution in [2.75, 3.05) is 0 Å². The van der Waals surface area contributed by atoms with Crippen LogP contribution < -0.4 is 4.74 Å². The molecule has 82 valence electrons. The van der Waals surface area contributed by atoms with Crippen molar-refractivity contribution in [3.8, 4) is 5.75 Å². The summed E-state index contributed by atoms with van der Waals surface area (Å²) in [5, 5.41) is 0.527. The van der Waals surface area contributed by atoms with E-state index in [1.54, 1.807) is 30.3 Å². The third-order valence-electron chi connectivity index (χ3n) is 2.18. The maximum Gasteiger partial charge on any atom is 0.138 e. The number of para-hydroxylation sites is 1. The van der Waals surface area contributed by atoms with E-state index in [1.807, 2.05) is 12.1 Å². The SMILES string of the molecule is Fc1ccccc1COc1ccccc1Cl. The average Bonchev–Trinajstić information content (AvgIpc) is 2.30. The maximum atomic E-state index is 13.3. The molecule has 0 aliphatic carbocycles. The molecular formula is C13H10ClFO. The minimum absolute atomic E-state index is 0.177. The van der Waals surface area contributed by atoms with Gasteiger partial charge in [-0.05, 0) is 18.2 Å². The van der Waals surface area contributed by atoms with Crippen molar-refractivity contribution >= 4 is 11.6 Å². The van der Waals surface area contributed by atoms with Crippen molar-refractivity contribution in [1.82, 2.24) is 0 Å². The van der Waals surface area contributed by atoms with Gasteiger partial charge >= 0.3 is 0 Å². The molecule has 3 heteroatoms. The predicted molar refractivity (Wildman–Crippen MR) is 62.2 cm³/mol. The Morgan fingerprint density at radius 1 is 1.00 bits per heavy atom. The fourth-order valence-corrected chi connectivity index (χ4v) is 1.52. The number of hydrogen-bond donors (Lipinski definition) is 0. The zero-order chi connectivity index (χ0) is 11.4. The normalized spacial score (nSPS) is 10.1. The Labute approximate surface area is 98.4 Å². The summed E-state index contributed by atoms with van der Waals surface area (Å²) in [5.74, 6) is 0.293. The van der Waals surface area contributed by atoms with E-state index in [0.717, 1.165) is 0 Å². The first-order valence-corrected chi connectivity index (χ1v) is 5.26. The summed E-state index contributed by atoms with van der Waals surface area (Å²) in [4.78, 5) is 0. The number of benzene rings is 2. The van der Waals surface area contributed by atoms with Crippen LogP contribution in [0.3, 0.4) is 0 Å². The molecule has 0 unspecified atom stereocenters. The summed E-state index contributed by atoms with van der Waals surface area (Å²) < 4.78 is 18.7. The first kappa shape index (κ1) is 11.0. The molecule has 0 heterocycles. The van der Waals surface area contributed by atoms with E-state index in [4.69, 9.17) is 16.3 Å². The first-order valence-electron chi connectivity index (χ1n) is 4.88. The van der Waals surface area contributed by atoms with Gasteiger partial charge in [-0.25, -0.2) is 4.39 Å². The molecular weight excluding hydrogens is 227 g/mol. The molecule has 0 saturated heterocycles. The minimum atomic E-state index is -0.269. The molecule has 0 atom stereocenters. The number of ether oxygens (including phenoxy) is 1. The number of halogens is 2. The first-order chi connectivity index (χ1) is 7.77. The highest BCUT2D eigenvalue weighted by Gasteiger charge is 2.03. The van der Waals surface area contributed by atoms with Crippen LogP contribution in [-0.4, -0.2) is 0 Å². The van der Waals surface area contributed by atoms with E-state index in [0.29, 0.717) is 16.3 Å². The molecule has 0 aromatic heterocycles. The van der Waals surface area contributed by atoms with E-state index < -0.39 is 0 Å². The van der Waals surface area contributed by atoms with Crippen molar-refractivity contribution < 1.29 is 9.13 Å². The van der Waals surface area contributed by atoms with Crippen LogP contribution in [0, 0.1) is 5.82 Å². The van der Waals surface area contributed by atoms with Gasteiger partial charge in [0.25, 0.3) is 0 Å². The molecule has 2 aromatic rings. The molecule has 0 saturated carbocycles. The fourth-order valence-electron chi connectivity index (χ4n) is 1.33. The van der Waals surface area contributed by atoms with E-state index in [2.05, 4.69) is 0 Å². The summed E-state index contributed by atoms with van der Waals surface area (Å²) in [6, 6.07) is 13.6. The van der Waals surface area contributed by atoms with Crippen molar-refractivity contribution in [2.45, 2.75) is 6.61 Å². The van der Waals surface area contributed by atoms with Gasteiger partial charge in [-0.15, -0.1) is 0 Å². The lowest BCUT2D eigenvalue weighted by Gasteiger charge is -2.08. The second kappa shape index (κ2) is 4.99. The minimum Gasteiger partial charge on any atom is -0.487 e. The monoisotopic (exact) mass is 236 g/mol. The van der Waals surface area contributed by atoms with E-state index in [-0.39, 0.29) is 12.4 Å². The third kappa shape index (κ3) is 2.52. The van der Waals surface area contributed by atoms with Gasteiger partial charge in [0, 0.05) is 5.56 Å². The van der Waals surface area contributed by atoms with Gasteiger partial charge in [-0.2, -0.15) is 0 Å². The smallest absolute Gasteiger partial charge is 0.138 e. The Morgan fingerprint density at radius 3 is 2.44 bits per heavy atom. The van der Waals surface area contributed by atoms with E-state index in [1.165, 1.54) is 6.07 Å². The van der Waals surface area contributed by atoms with Gasteiger partial charge in [0.1, 0.15) is 18.2 Å². The molecule has 0 N–H and O–H groups in total. The molecule has 2 aromatic carbocycles. The van der Waals surface area contributed by atoms with Crippen molar-refractivity contribution in [2.24, 2.45) is 0 Å². The Bertz CT molecular complexity index is 439. The molecule has 0 fully saturated rings. The van der Waals surface area contributed by atoms with Crippen molar-refractivity contribution in [3.05, 3.63) is 64.9 Å². The summed E-state index contributed by atoms with van der Waals surface area (Å²) in [5.41, 5.74) is 0.516. The molecule has 0 radical (unpaired) electrons. The van der Waals surface area contributed by atoms with Crippen LogP contribution in [0.4, 0.5) is 4.39 Å². The Balaban J connectivity index is 2.09. The topological polar surface area (TPSA) is 9.23 Å². The molecule has 0 spiro atoms. The highest BCUT2D eigenvalue weighted by Crippen LogP contribution is 2.24. The lowest BCUT2D eigenvalue weighted by atomic mass is 10.2. The molecule has 0 bridgehead atoms. The number of rotatable bonds is 3. The Hall–Kier alpha value is -1.54. The van der Waals surface area contributed by atoms with Gasteiger partial charge < -0.3 is 4.74 Å². The van der Waals surface area contributed by atoms with E-state index in [9.17, 15) is 4.39 Å². The quantitative estimate of drug-likeness (QED) is 0.781. The second-order valence-electron chi connectivity index (χ2n) is 3.31. The zero-order valence-corrected chi connectivity index (χ0v) is 9.25. The van der Waals surface area contributed by atoms with E-state index >= 15 is 0 Å². The Morgan fingerprint density at radius 2 is 1.69 bits per heavy atom. The van der Waals surface area contributed by atoms with Crippen LogP contribution in [0.25, 0.3) is 0 Å². The van der Waals surface area contributed by atoms with Crippen LogP contribution in [-0.2, 0) is 6.61 Å².